The van der Waals surface area contributed by atoms with Crippen molar-refractivity contribution in [2.24, 2.45) is 24.3 Å². The summed E-state index contributed by atoms with van der Waals surface area (Å²) >= 11 is 1.87. The van der Waals surface area contributed by atoms with Gasteiger partial charge in [-0.15, -0.1) is 6.58 Å². The summed E-state index contributed by atoms with van der Waals surface area (Å²) in [7, 11) is 2.19. The van der Waals surface area contributed by atoms with E-state index in [0.717, 1.165) is 25.1 Å². The molecular formula is C36H39N2OS+. The molecule has 0 fully saturated rings. The zero-order valence-electron chi connectivity index (χ0n) is 24.0. The normalized spacial score (nSPS) is 24.3. The van der Waals surface area contributed by atoms with E-state index < -0.39 is 0 Å². The number of hydrogen-bond donors (Lipinski definition) is 0. The molecule has 204 valence electrons. The van der Waals surface area contributed by atoms with E-state index in [-0.39, 0.29) is 11.5 Å². The van der Waals surface area contributed by atoms with Gasteiger partial charge in [-0.3, -0.25) is 0 Å². The molecule has 6 rings (SSSR count). The van der Waals surface area contributed by atoms with Gasteiger partial charge in [-0.2, -0.15) is 4.57 Å². The lowest BCUT2D eigenvalue weighted by atomic mass is 9.67. The molecule has 3 aliphatic rings. The van der Waals surface area contributed by atoms with E-state index in [9.17, 15) is 0 Å². The third kappa shape index (κ3) is 4.69. The molecule has 0 bridgehead atoms. The molecule has 2 heterocycles. The number of rotatable bonds is 8. The number of ether oxygens (including phenoxy) is 1. The molecule has 3 atom stereocenters. The van der Waals surface area contributed by atoms with Crippen LogP contribution in [-0.4, -0.2) is 17.5 Å². The molecule has 0 amide bonds. The lowest BCUT2D eigenvalue weighted by molar-refractivity contribution is -0.642. The Hall–Kier alpha value is -3.63. The second-order valence-corrected chi connectivity index (χ2v) is 12.6. The van der Waals surface area contributed by atoms with Gasteiger partial charge in [0.05, 0.1) is 6.10 Å². The molecule has 3 aromatic rings. The number of nitrogens with zero attached hydrogens (tertiary/aromatic N) is 2. The van der Waals surface area contributed by atoms with Gasteiger partial charge < -0.3 is 9.64 Å². The van der Waals surface area contributed by atoms with Crippen molar-refractivity contribution in [3.05, 3.63) is 125 Å². The molecule has 3 nitrogen and oxygen atoms in total. The fourth-order valence-corrected chi connectivity index (χ4v) is 7.69. The first-order valence-corrected chi connectivity index (χ1v) is 15.2. The van der Waals surface area contributed by atoms with Crippen molar-refractivity contribution >= 4 is 27.6 Å². The highest BCUT2D eigenvalue weighted by molar-refractivity contribution is 7.18. The lowest BCUT2D eigenvalue weighted by Gasteiger charge is -2.36. The molecule has 0 saturated heterocycles. The van der Waals surface area contributed by atoms with Crippen molar-refractivity contribution in [3.63, 3.8) is 0 Å². The number of aromatic nitrogens is 1. The molecule has 1 aromatic heterocycles. The number of aryl methyl sites for hydroxylation is 1. The zero-order chi connectivity index (χ0) is 27.9. The van der Waals surface area contributed by atoms with Crippen LogP contribution >= 0.6 is 11.3 Å². The Morgan fingerprint density at radius 2 is 1.85 bits per heavy atom. The lowest BCUT2D eigenvalue weighted by Crippen LogP contribution is -2.32. The molecular weight excluding hydrogens is 508 g/mol. The van der Waals surface area contributed by atoms with E-state index in [1.165, 1.54) is 37.8 Å². The first kappa shape index (κ1) is 26.6. The number of allylic oxidation sites excluding steroid dienone is 8. The average Bonchev–Trinajstić information content (AvgIpc) is 3.39. The monoisotopic (exact) mass is 547 g/mol. The van der Waals surface area contributed by atoms with E-state index in [0.29, 0.717) is 11.8 Å². The highest BCUT2D eigenvalue weighted by Crippen LogP contribution is 2.57. The van der Waals surface area contributed by atoms with Gasteiger partial charge in [0, 0.05) is 47.3 Å². The van der Waals surface area contributed by atoms with Gasteiger partial charge in [-0.05, 0) is 69.0 Å². The van der Waals surface area contributed by atoms with Crippen LogP contribution < -0.4 is 9.30 Å². The summed E-state index contributed by atoms with van der Waals surface area (Å²) in [6.07, 6.45) is 20.5. The summed E-state index contributed by atoms with van der Waals surface area (Å²) in [4.78, 5) is 2.60. The standard InChI is InChI=1S/C36H39N2OS/c1-6-22-36(4)33(24-34-37(5)30-13-9-10-14-32(30)40-34)38(23-21-26-15-18-28(19-16-26)39-25(2)3)31-20-17-27-11-7-8-12-29(27)35(31)36/h6-20,24-25,27,29H,1,21-23H2,2-5H3/q+1. The Bertz CT molecular complexity index is 1580. The van der Waals surface area contributed by atoms with Crippen molar-refractivity contribution in [2.45, 2.75) is 39.7 Å². The summed E-state index contributed by atoms with van der Waals surface area (Å²) in [5.41, 5.74) is 6.71. The van der Waals surface area contributed by atoms with Crippen molar-refractivity contribution < 1.29 is 9.30 Å². The molecule has 3 unspecified atom stereocenters. The van der Waals surface area contributed by atoms with Crippen LogP contribution in [0.1, 0.15) is 37.8 Å². The molecule has 0 N–H and O–H groups in total. The summed E-state index contributed by atoms with van der Waals surface area (Å²) in [5, 5.41) is 1.27. The maximum Gasteiger partial charge on any atom is 0.264 e. The van der Waals surface area contributed by atoms with Crippen molar-refractivity contribution in [1.29, 1.82) is 0 Å². The van der Waals surface area contributed by atoms with E-state index in [1.54, 1.807) is 0 Å². The van der Waals surface area contributed by atoms with E-state index in [2.05, 4.69) is 141 Å². The first-order valence-electron chi connectivity index (χ1n) is 14.4. The molecule has 0 saturated carbocycles. The molecule has 2 aliphatic carbocycles. The van der Waals surface area contributed by atoms with Gasteiger partial charge in [0.15, 0.2) is 0 Å². The number of hydrogen-bond acceptors (Lipinski definition) is 3. The molecule has 0 radical (unpaired) electrons. The van der Waals surface area contributed by atoms with Gasteiger partial charge in [0.1, 0.15) is 17.5 Å². The van der Waals surface area contributed by atoms with Gasteiger partial charge in [0.25, 0.3) is 5.01 Å². The minimum Gasteiger partial charge on any atom is -0.491 e. The number of thiazole rings is 1. The quantitative estimate of drug-likeness (QED) is 0.209. The minimum absolute atomic E-state index is 0.140. The molecule has 4 heteroatoms. The minimum atomic E-state index is -0.140. The predicted molar refractivity (Wildman–Crippen MR) is 168 cm³/mol. The fraction of sp³-hybridized carbons (Fsp3) is 0.306. The zero-order valence-corrected chi connectivity index (χ0v) is 24.8. The molecule has 1 aliphatic heterocycles. The predicted octanol–water partition coefficient (Wildman–Crippen LogP) is 8.18. The SMILES string of the molecule is C=CCC1(C)C2=C(C=CC3C=CC=CC23)N(CCc2ccc(OC(C)C)cc2)/C1=C/c1sc2ccccc2[n+]1C. The van der Waals surface area contributed by atoms with Gasteiger partial charge in [-0.1, -0.05) is 72.1 Å². The molecule has 40 heavy (non-hydrogen) atoms. The molecule has 2 aromatic carbocycles. The van der Waals surface area contributed by atoms with Crippen LogP contribution in [0.3, 0.4) is 0 Å². The van der Waals surface area contributed by atoms with Crippen molar-refractivity contribution in [2.75, 3.05) is 6.54 Å². The number of para-hydroxylation sites is 1. The second kappa shape index (κ2) is 10.7. The van der Waals surface area contributed by atoms with E-state index in [4.69, 9.17) is 4.74 Å². The van der Waals surface area contributed by atoms with Crippen LogP contribution in [-0.2, 0) is 13.5 Å². The third-order valence-electron chi connectivity index (χ3n) is 8.51. The number of fused-ring (bicyclic) bond motifs is 3. The Morgan fingerprint density at radius 1 is 1.07 bits per heavy atom. The first-order chi connectivity index (χ1) is 19.4. The summed E-state index contributed by atoms with van der Waals surface area (Å²) < 4.78 is 9.54. The van der Waals surface area contributed by atoms with Crippen LogP contribution in [0.25, 0.3) is 16.3 Å². The van der Waals surface area contributed by atoms with Crippen LogP contribution in [0.5, 0.6) is 5.75 Å². The van der Waals surface area contributed by atoms with Gasteiger partial charge >= 0.3 is 0 Å². The van der Waals surface area contributed by atoms with E-state index >= 15 is 0 Å². The Kier molecular flexibility index (Phi) is 7.14. The highest BCUT2D eigenvalue weighted by atomic mass is 32.1. The molecule has 0 spiro atoms. The van der Waals surface area contributed by atoms with Crippen LogP contribution in [0.2, 0.25) is 0 Å². The van der Waals surface area contributed by atoms with Crippen molar-refractivity contribution in [1.82, 2.24) is 4.90 Å². The Balaban J connectivity index is 1.43. The third-order valence-corrected chi connectivity index (χ3v) is 9.67. The smallest absolute Gasteiger partial charge is 0.264 e. The Labute approximate surface area is 242 Å². The Morgan fingerprint density at radius 3 is 2.60 bits per heavy atom. The van der Waals surface area contributed by atoms with E-state index in [1.807, 2.05) is 11.3 Å². The summed E-state index contributed by atoms with van der Waals surface area (Å²) in [5.74, 6) is 1.70. The number of benzene rings is 2. The fourth-order valence-electron chi connectivity index (χ4n) is 6.60. The highest BCUT2D eigenvalue weighted by Gasteiger charge is 2.49. The maximum atomic E-state index is 5.88. The second-order valence-electron chi connectivity index (χ2n) is 11.6. The maximum absolute atomic E-state index is 5.88. The average molecular weight is 548 g/mol. The van der Waals surface area contributed by atoms with Gasteiger partial charge in [0.2, 0.25) is 5.52 Å². The van der Waals surface area contributed by atoms with Crippen LogP contribution in [0.4, 0.5) is 0 Å². The topological polar surface area (TPSA) is 16.4 Å². The van der Waals surface area contributed by atoms with Crippen LogP contribution in [0, 0.1) is 17.3 Å². The largest absolute Gasteiger partial charge is 0.491 e. The summed E-state index contributed by atoms with van der Waals surface area (Å²) in [6.45, 7) is 11.7. The summed E-state index contributed by atoms with van der Waals surface area (Å²) in [6, 6.07) is 17.3. The van der Waals surface area contributed by atoms with Gasteiger partial charge in [-0.25, -0.2) is 0 Å². The van der Waals surface area contributed by atoms with Crippen molar-refractivity contribution in [3.8, 4) is 5.75 Å². The van der Waals surface area contributed by atoms with Crippen LogP contribution in [0.15, 0.2) is 115 Å².